The molecule has 0 saturated carbocycles. The standard InChI is InChI=1S/C15H15ClN2O2/c1-20-12-9-5-8-11(16)13(12)14(15(17)19)18-10-6-3-2-4-7-10/h2-9,14,18H,1H3,(H2,17,19). The Kier molecular flexibility index (Phi) is 4.48. The summed E-state index contributed by atoms with van der Waals surface area (Å²) in [6.45, 7) is 0. The van der Waals surface area contributed by atoms with Gasteiger partial charge in [-0.2, -0.15) is 0 Å². The van der Waals surface area contributed by atoms with Crippen molar-refractivity contribution < 1.29 is 9.53 Å². The predicted molar refractivity (Wildman–Crippen MR) is 80.0 cm³/mol. The molecule has 0 fully saturated rings. The first-order valence-electron chi connectivity index (χ1n) is 6.06. The summed E-state index contributed by atoms with van der Waals surface area (Å²) >= 11 is 6.19. The first-order valence-corrected chi connectivity index (χ1v) is 6.44. The zero-order valence-corrected chi connectivity index (χ0v) is 11.7. The van der Waals surface area contributed by atoms with Gasteiger partial charge in [-0.3, -0.25) is 4.79 Å². The third kappa shape index (κ3) is 3.03. The van der Waals surface area contributed by atoms with E-state index in [-0.39, 0.29) is 0 Å². The molecule has 1 unspecified atom stereocenters. The van der Waals surface area contributed by atoms with Gasteiger partial charge in [-0.15, -0.1) is 0 Å². The molecule has 0 saturated heterocycles. The number of nitrogens with one attached hydrogen (secondary N) is 1. The van der Waals surface area contributed by atoms with E-state index in [1.165, 1.54) is 7.11 Å². The van der Waals surface area contributed by atoms with E-state index in [1.807, 2.05) is 30.3 Å². The van der Waals surface area contributed by atoms with Crippen molar-refractivity contribution in [2.24, 2.45) is 5.73 Å². The van der Waals surface area contributed by atoms with Crippen molar-refractivity contribution in [2.75, 3.05) is 12.4 Å². The zero-order valence-electron chi connectivity index (χ0n) is 11.0. The monoisotopic (exact) mass is 290 g/mol. The van der Waals surface area contributed by atoms with Gasteiger partial charge in [-0.1, -0.05) is 35.9 Å². The number of amides is 1. The molecule has 104 valence electrons. The summed E-state index contributed by atoms with van der Waals surface area (Å²) < 4.78 is 5.26. The van der Waals surface area contributed by atoms with Crippen LogP contribution in [0.15, 0.2) is 48.5 Å². The maximum absolute atomic E-state index is 11.8. The molecule has 0 aliphatic rings. The smallest absolute Gasteiger partial charge is 0.244 e. The SMILES string of the molecule is COc1cccc(Cl)c1C(Nc1ccccc1)C(N)=O. The average molecular weight is 291 g/mol. The molecule has 2 aromatic carbocycles. The van der Waals surface area contributed by atoms with Crippen LogP contribution in [0.25, 0.3) is 0 Å². The van der Waals surface area contributed by atoms with Crippen LogP contribution in [0.4, 0.5) is 5.69 Å². The number of hydrogen-bond donors (Lipinski definition) is 2. The fraction of sp³-hybridized carbons (Fsp3) is 0.133. The van der Waals surface area contributed by atoms with Crippen LogP contribution in [0, 0.1) is 0 Å². The van der Waals surface area contributed by atoms with E-state index < -0.39 is 11.9 Å². The Morgan fingerprint density at radius 3 is 2.50 bits per heavy atom. The predicted octanol–water partition coefficient (Wildman–Crippen LogP) is 2.99. The maximum atomic E-state index is 11.8. The Hall–Kier alpha value is -2.20. The molecule has 2 aromatic rings. The molecule has 0 aliphatic carbocycles. The Morgan fingerprint density at radius 2 is 1.90 bits per heavy atom. The third-order valence-corrected chi connectivity index (χ3v) is 3.22. The van der Waals surface area contributed by atoms with Gasteiger partial charge in [0.15, 0.2) is 0 Å². The van der Waals surface area contributed by atoms with Gasteiger partial charge in [0.25, 0.3) is 0 Å². The zero-order chi connectivity index (χ0) is 14.5. The van der Waals surface area contributed by atoms with Crippen molar-refractivity contribution in [1.82, 2.24) is 0 Å². The van der Waals surface area contributed by atoms with Crippen LogP contribution in [0.1, 0.15) is 11.6 Å². The van der Waals surface area contributed by atoms with Gasteiger partial charge in [-0.05, 0) is 24.3 Å². The summed E-state index contributed by atoms with van der Waals surface area (Å²) in [7, 11) is 1.52. The van der Waals surface area contributed by atoms with Gasteiger partial charge in [0.1, 0.15) is 11.8 Å². The van der Waals surface area contributed by atoms with E-state index in [2.05, 4.69) is 5.32 Å². The first kappa shape index (κ1) is 14.2. The lowest BCUT2D eigenvalue weighted by Gasteiger charge is -2.20. The minimum Gasteiger partial charge on any atom is -0.496 e. The van der Waals surface area contributed by atoms with E-state index in [4.69, 9.17) is 22.1 Å². The number of carbonyl (C=O) groups excluding carboxylic acids is 1. The molecule has 0 spiro atoms. The molecule has 0 heterocycles. The van der Waals surface area contributed by atoms with Gasteiger partial charge in [-0.25, -0.2) is 0 Å². The highest BCUT2D eigenvalue weighted by Gasteiger charge is 2.24. The van der Waals surface area contributed by atoms with Gasteiger partial charge >= 0.3 is 0 Å². The number of primary amides is 1. The second-order valence-corrected chi connectivity index (χ2v) is 4.61. The number of carbonyl (C=O) groups is 1. The Morgan fingerprint density at radius 1 is 1.20 bits per heavy atom. The molecular weight excluding hydrogens is 276 g/mol. The lowest BCUT2D eigenvalue weighted by Crippen LogP contribution is -2.28. The maximum Gasteiger partial charge on any atom is 0.244 e. The molecule has 0 aromatic heterocycles. The van der Waals surface area contributed by atoms with Crippen LogP contribution < -0.4 is 15.8 Å². The number of benzene rings is 2. The minimum absolute atomic E-state index is 0.427. The lowest BCUT2D eigenvalue weighted by molar-refractivity contribution is -0.118. The van der Waals surface area contributed by atoms with Crippen molar-refractivity contribution in [3.8, 4) is 5.75 Å². The normalized spacial score (nSPS) is 11.7. The number of anilines is 1. The molecule has 0 bridgehead atoms. The number of hydrogen-bond acceptors (Lipinski definition) is 3. The van der Waals surface area contributed by atoms with Gasteiger partial charge in [0.05, 0.1) is 12.1 Å². The largest absolute Gasteiger partial charge is 0.496 e. The van der Waals surface area contributed by atoms with E-state index in [1.54, 1.807) is 18.2 Å². The number of nitrogens with two attached hydrogens (primary N) is 1. The fourth-order valence-electron chi connectivity index (χ4n) is 1.96. The highest BCUT2D eigenvalue weighted by molar-refractivity contribution is 6.32. The molecule has 3 N–H and O–H groups in total. The lowest BCUT2D eigenvalue weighted by atomic mass is 10.0. The van der Waals surface area contributed by atoms with Crippen LogP contribution in [0.2, 0.25) is 5.02 Å². The van der Waals surface area contributed by atoms with Crippen LogP contribution in [-0.4, -0.2) is 13.0 Å². The summed E-state index contributed by atoms with van der Waals surface area (Å²) in [6, 6.07) is 13.7. The Bertz CT molecular complexity index is 602. The topological polar surface area (TPSA) is 64.3 Å². The number of rotatable bonds is 5. The minimum atomic E-state index is -0.763. The molecule has 2 rings (SSSR count). The van der Waals surface area contributed by atoms with E-state index in [9.17, 15) is 4.79 Å². The number of para-hydroxylation sites is 1. The number of ether oxygens (including phenoxy) is 1. The second kappa shape index (κ2) is 6.30. The molecule has 4 nitrogen and oxygen atoms in total. The summed E-state index contributed by atoms with van der Waals surface area (Å²) in [5, 5.41) is 3.50. The van der Waals surface area contributed by atoms with Gasteiger partial charge in [0.2, 0.25) is 5.91 Å². The highest BCUT2D eigenvalue weighted by Crippen LogP contribution is 2.33. The molecule has 5 heteroatoms. The van der Waals surface area contributed by atoms with E-state index >= 15 is 0 Å². The van der Waals surface area contributed by atoms with E-state index in [0.717, 1.165) is 5.69 Å². The van der Waals surface area contributed by atoms with Crippen LogP contribution in [0.3, 0.4) is 0 Å². The van der Waals surface area contributed by atoms with Crippen molar-refractivity contribution in [1.29, 1.82) is 0 Å². The van der Waals surface area contributed by atoms with Crippen molar-refractivity contribution in [3.05, 3.63) is 59.1 Å². The quantitative estimate of drug-likeness (QED) is 0.890. The summed E-state index contributed by atoms with van der Waals surface area (Å²) in [5.41, 5.74) is 6.80. The average Bonchev–Trinajstić information content (AvgIpc) is 2.46. The Balaban J connectivity index is 2.42. The summed E-state index contributed by atoms with van der Waals surface area (Å²) in [4.78, 5) is 11.8. The third-order valence-electron chi connectivity index (χ3n) is 2.89. The fourth-order valence-corrected chi connectivity index (χ4v) is 2.24. The molecule has 1 amide bonds. The number of methoxy groups -OCH3 is 1. The summed E-state index contributed by atoms with van der Waals surface area (Å²) in [6.07, 6.45) is 0. The van der Waals surface area contributed by atoms with Crippen LogP contribution in [0.5, 0.6) is 5.75 Å². The molecule has 20 heavy (non-hydrogen) atoms. The van der Waals surface area contributed by atoms with E-state index in [0.29, 0.717) is 16.3 Å². The van der Waals surface area contributed by atoms with Gasteiger partial charge < -0.3 is 15.8 Å². The molecule has 1 atom stereocenters. The second-order valence-electron chi connectivity index (χ2n) is 4.20. The Labute approximate surface area is 122 Å². The summed E-state index contributed by atoms with van der Waals surface area (Å²) in [5.74, 6) is -0.00927. The highest BCUT2D eigenvalue weighted by atomic mass is 35.5. The molecule has 0 radical (unpaired) electrons. The number of halogens is 1. The van der Waals surface area contributed by atoms with Crippen molar-refractivity contribution in [3.63, 3.8) is 0 Å². The van der Waals surface area contributed by atoms with Crippen LogP contribution >= 0.6 is 11.6 Å². The van der Waals surface area contributed by atoms with Crippen molar-refractivity contribution in [2.45, 2.75) is 6.04 Å². The molecular formula is C15H15ClN2O2. The van der Waals surface area contributed by atoms with Gasteiger partial charge in [0, 0.05) is 11.3 Å². The van der Waals surface area contributed by atoms with Crippen molar-refractivity contribution >= 4 is 23.2 Å². The van der Waals surface area contributed by atoms with Crippen LogP contribution in [-0.2, 0) is 4.79 Å². The first-order chi connectivity index (χ1) is 9.63. The molecule has 0 aliphatic heterocycles.